The van der Waals surface area contributed by atoms with Crippen molar-refractivity contribution in [1.82, 2.24) is 10.6 Å². The summed E-state index contributed by atoms with van der Waals surface area (Å²) in [6.45, 7) is 6.77. The van der Waals surface area contributed by atoms with E-state index < -0.39 is 0 Å². The molecule has 4 atom stereocenters. The first-order valence-corrected chi connectivity index (χ1v) is 7.93. The summed E-state index contributed by atoms with van der Waals surface area (Å²) in [6.07, 6.45) is 5.31. The van der Waals surface area contributed by atoms with E-state index in [1.807, 2.05) is 6.92 Å². The standard InChI is InChI=1S/C15H28N2O3/c1-11-5-3-4-6-13(11)20-10-8-17-15(18)14-12(2)19-9-7-16-14/h11-14,16H,3-10H2,1-2H3,(H,17,18)/t11?,12-,13?,14+/m1/s1. The Bertz CT molecular complexity index is 311. The quantitative estimate of drug-likeness (QED) is 0.742. The summed E-state index contributed by atoms with van der Waals surface area (Å²) < 4.78 is 11.4. The number of morpholine rings is 1. The molecule has 1 amide bonds. The van der Waals surface area contributed by atoms with Crippen LogP contribution in [0.4, 0.5) is 0 Å². The molecule has 0 aromatic carbocycles. The van der Waals surface area contributed by atoms with Crippen LogP contribution in [0.5, 0.6) is 0 Å². The lowest BCUT2D eigenvalue weighted by molar-refractivity contribution is -0.129. The van der Waals surface area contributed by atoms with Gasteiger partial charge in [0.25, 0.3) is 0 Å². The van der Waals surface area contributed by atoms with Crippen molar-refractivity contribution in [3.8, 4) is 0 Å². The highest BCUT2D eigenvalue weighted by molar-refractivity contribution is 5.82. The van der Waals surface area contributed by atoms with Gasteiger partial charge in [0.2, 0.25) is 5.91 Å². The van der Waals surface area contributed by atoms with Gasteiger partial charge >= 0.3 is 0 Å². The van der Waals surface area contributed by atoms with Crippen LogP contribution in [-0.4, -0.2) is 50.5 Å². The van der Waals surface area contributed by atoms with Crippen LogP contribution >= 0.6 is 0 Å². The van der Waals surface area contributed by atoms with Crippen LogP contribution in [-0.2, 0) is 14.3 Å². The van der Waals surface area contributed by atoms with Gasteiger partial charge in [-0.05, 0) is 25.7 Å². The second-order valence-electron chi connectivity index (χ2n) is 5.97. The van der Waals surface area contributed by atoms with Crippen molar-refractivity contribution in [3.05, 3.63) is 0 Å². The predicted molar refractivity (Wildman–Crippen MR) is 77.6 cm³/mol. The van der Waals surface area contributed by atoms with Gasteiger partial charge in [0.1, 0.15) is 6.04 Å². The number of hydrogen-bond donors (Lipinski definition) is 2. The van der Waals surface area contributed by atoms with Gasteiger partial charge in [-0.25, -0.2) is 0 Å². The molecule has 1 heterocycles. The molecule has 116 valence electrons. The van der Waals surface area contributed by atoms with E-state index in [1.54, 1.807) is 0 Å². The Morgan fingerprint density at radius 2 is 2.15 bits per heavy atom. The molecule has 5 nitrogen and oxygen atoms in total. The third-order valence-electron chi connectivity index (χ3n) is 4.36. The minimum atomic E-state index is -0.239. The first-order valence-electron chi connectivity index (χ1n) is 7.93. The van der Waals surface area contributed by atoms with E-state index in [1.165, 1.54) is 19.3 Å². The maximum Gasteiger partial charge on any atom is 0.239 e. The highest BCUT2D eigenvalue weighted by atomic mass is 16.5. The molecule has 1 aliphatic carbocycles. The number of amides is 1. The Balaban J connectivity index is 1.61. The van der Waals surface area contributed by atoms with Gasteiger partial charge in [0.05, 0.1) is 25.4 Å². The molecule has 2 rings (SSSR count). The third kappa shape index (κ3) is 4.43. The van der Waals surface area contributed by atoms with Gasteiger partial charge in [0.15, 0.2) is 0 Å². The molecule has 1 saturated carbocycles. The van der Waals surface area contributed by atoms with Crippen LogP contribution in [0.1, 0.15) is 39.5 Å². The smallest absolute Gasteiger partial charge is 0.239 e. The van der Waals surface area contributed by atoms with Crippen molar-refractivity contribution >= 4 is 5.91 Å². The molecule has 0 spiro atoms. The summed E-state index contributed by atoms with van der Waals surface area (Å²) in [7, 11) is 0. The van der Waals surface area contributed by atoms with E-state index in [9.17, 15) is 4.79 Å². The number of ether oxygens (including phenoxy) is 2. The van der Waals surface area contributed by atoms with E-state index in [0.29, 0.717) is 31.8 Å². The number of hydrogen-bond acceptors (Lipinski definition) is 4. The van der Waals surface area contributed by atoms with Crippen molar-refractivity contribution in [2.75, 3.05) is 26.3 Å². The Labute approximate surface area is 121 Å². The molecule has 2 fully saturated rings. The first-order chi connectivity index (χ1) is 9.68. The fourth-order valence-electron chi connectivity index (χ4n) is 3.05. The predicted octanol–water partition coefficient (Wildman–Crippen LogP) is 1.07. The highest BCUT2D eigenvalue weighted by Gasteiger charge is 2.28. The molecule has 1 saturated heterocycles. The molecular formula is C15H28N2O3. The summed E-state index contributed by atoms with van der Waals surface area (Å²) >= 11 is 0. The van der Waals surface area contributed by atoms with Crippen LogP contribution in [0.25, 0.3) is 0 Å². The lowest BCUT2D eigenvalue weighted by Crippen LogP contribution is -2.55. The lowest BCUT2D eigenvalue weighted by atomic mass is 9.88. The van der Waals surface area contributed by atoms with Crippen LogP contribution in [0.3, 0.4) is 0 Å². The first kappa shape index (κ1) is 15.7. The van der Waals surface area contributed by atoms with E-state index in [-0.39, 0.29) is 18.1 Å². The fourth-order valence-corrected chi connectivity index (χ4v) is 3.05. The van der Waals surface area contributed by atoms with Crippen molar-refractivity contribution < 1.29 is 14.3 Å². The van der Waals surface area contributed by atoms with Gasteiger partial charge in [-0.2, -0.15) is 0 Å². The Hall–Kier alpha value is -0.650. The minimum Gasteiger partial charge on any atom is -0.376 e. The number of carbonyl (C=O) groups is 1. The number of carbonyl (C=O) groups excluding carboxylic acids is 1. The van der Waals surface area contributed by atoms with E-state index in [0.717, 1.165) is 13.0 Å². The Morgan fingerprint density at radius 1 is 1.35 bits per heavy atom. The van der Waals surface area contributed by atoms with Gasteiger partial charge in [-0.1, -0.05) is 19.8 Å². The van der Waals surface area contributed by atoms with Crippen molar-refractivity contribution in [3.63, 3.8) is 0 Å². The van der Waals surface area contributed by atoms with Crippen molar-refractivity contribution in [2.24, 2.45) is 5.92 Å². The monoisotopic (exact) mass is 284 g/mol. The van der Waals surface area contributed by atoms with Crippen LogP contribution in [0, 0.1) is 5.92 Å². The molecule has 2 aliphatic rings. The average molecular weight is 284 g/mol. The van der Waals surface area contributed by atoms with Crippen LogP contribution in [0.2, 0.25) is 0 Å². The van der Waals surface area contributed by atoms with Gasteiger partial charge in [0, 0.05) is 13.1 Å². The second-order valence-corrected chi connectivity index (χ2v) is 5.97. The zero-order valence-electron chi connectivity index (χ0n) is 12.7. The molecule has 0 aromatic rings. The molecule has 1 aliphatic heterocycles. The Morgan fingerprint density at radius 3 is 2.90 bits per heavy atom. The largest absolute Gasteiger partial charge is 0.376 e. The fraction of sp³-hybridized carbons (Fsp3) is 0.933. The third-order valence-corrected chi connectivity index (χ3v) is 4.36. The SMILES string of the molecule is CC1CCCCC1OCCNC(=O)[C@H]1NCCO[C@@H]1C. The summed E-state index contributed by atoms with van der Waals surface area (Å²) in [6, 6.07) is -0.239. The molecule has 0 radical (unpaired) electrons. The van der Waals surface area contributed by atoms with E-state index >= 15 is 0 Å². The zero-order valence-corrected chi connectivity index (χ0v) is 12.7. The van der Waals surface area contributed by atoms with Gasteiger partial charge in [-0.3, -0.25) is 4.79 Å². The molecule has 0 aromatic heterocycles. The van der Waals surface area contributed by atoms with E-state index in [4.69, 9.17) is 9.47 Å². The molecule has 0 bridgehead atoms. The summed E-state index contributed by atoms with van der Waals surface area (Å²) in [5.41, 5.74) is 0. The second kappa shape index (κ2) is 7.96. The minimum absolute atomic E-state index is 0.0116. The maximum atomic E-state index is 12.0. The number of rotatable bonds is 5. The molecule has 2 unspecified atom stereocenters. The summed E-state index contributed by atoms with van der Waals surface area (Å²) in [5, 5.41) is 6.12. The normalized spacial score (nSPS) is 34.7. The van der Waals surface area contributed by atoms with Crippen LogP contribution < -0.4 is 10.6 Å². The van der Waals surface area contributed by atoms with E-state index in [2.05, 4.69) is 17.6 Å². The Kier molecular flexibility index (Phi) is 6.26. The molecule has 5 heteroatoms. The topological polar surface area (TPSA) is 59.6 Å². The molecule has 20 heavy (non-hydrogen) atoms. The number of nitrogens with one attached hydrogen (secondary N) is 2. The zero-order chi connectivity index (χ0) is 14.4. The van der Waals surface area contributed by atoms with Crippen LogP contribution in [0.15, 0.2) is 0 Å². The lowest BCUT2D eigenvalue weighted by Gasteiger charge is -2.30. The van der Waals surface area contributed by atoms with Crippen molar-refractivity contribution in [2.45, 2.75) is 57.8 Å². The highest BCUT2D eigenvalue weighted by Crippen LogP contribution is 2.25. The summed E-state index contributed by atoms with van der Waals surface area (Å²) in [5.74, 6) is 0.658. The maximum absolute atomic E-state index is 12.0. The molecular weight excluding hydrogens is 256 g/mol. The van der Waals surface area contributed by atoms with Gasteiger partial charge in [-0.15, -0.1) is 0 Å². The summed E-state index contributed by atoms with van der Waals surface area (Å²) in [4.78, 5) is 12.0. The average Bonchev–Trinajstić information content (AvgIpc) is 2.45. The van der Waals surface area contributed by atoms with Crippen molar-refractivity contribution in [1.29, 1.82) is 0 Å². The van der Waals surface area contributed by atoms with Gasteiger partial charge < -0.3 is 20.1 Å². The molecule has 2 N–H and O–H groups in total.